The van der Waals surface area contributed by atoms with Crippen LogP contribution in [-0.4, -0.2) is 50.5 Å². The standard InChI is InChI=1S/C31H33N3O4S/c1-3-32-31(36)29(21-24-13-6-4-7-14-24)33(22-25-15-8-5-9-16-25)30(35)23-34(39(2,37)38)28-20-12-18-26-17-10-11-19-27(26)28/h4-20,29H,3,21-23H2,1-2H3,(H,32,36)/t29-/m1/s1. The summed E-state index contributed by atoms with van der Waals surface area (Å²) in [4.78, 5) is 29.0. The number of carbonyl (C=O) groups excluding carboxylic acids is 2. The maximum atomic E-state index is 14.1. The van der Waals surface area contributed by atoms with Gasteiger partial charge in [-0.1, -0.05) is 97.1 Å². The molecule has 202 valence electrons. The van der Waals surface area contributed by atoms with Crippen molar-refractivity contribution in [2.24, 2.45) is 0 Å². The number of sulfonamides is 1. The van der Waals surface area contributed by atoms with Crippen LogP contribution in [0, 0.1) is 0 Å². The Bertz CT molecular complexity index is 1520. The van der Waals surface area contributed by atoms with Crippen LogP contribution < -0.4 is 9.62 Å². The fraction of sp³-hybridized carbons (Fsp3) is 0.226. The third kappa shape index (κ3) is 7.03. The summed E-state index contributed by atoms with van der Waals surface area (Å²) in [7, 11) is -3.84. The van der Waals surface area contributed by atoms with Crippen LogP contribution in [0.1, 0.15) is 18.1 Å². The highest BCUT2D eigenvalue weighted by Crippen LogP contribution is 2.29. The van der Waals surface area contributed by atoms with Crippen molar-refractivity contribution in [3.8, 4) is 0 Å². The van der Waals surface area contributed by atoms with Gasteiger partial charge in [0, 0.05) is 24.9 Å². The van der Waals surface area contributed by atoms with Crippen molar-refractivity contribution >= 4 is 38.3 Å². The van der Waals surface area contributed by atoms with Crippen molar-refractivity contribution in [3.05, 3.63) is 114 Å². The van der Waals surface area contributed by atoms with Gasteiger partial charge in [0.1, 0.15) is 12.6 Å². The number of fused-ring (bicyclic) bond motifs is 1. The Morgan fingerprint density at radius 2 is 1.38 bits per heavy atom. The van der Waals surface area contributed by atoms with Crippen LogP contribution in [-0.2, 0) is 32.6 Å². The molecule has 0 radical (unpaired) electrons. The van der Waals surface area contributed by atoms with E-state index in [-0.39, 0.29) is 12.5 Å². The van der Waals surface area contributed by atoms with Crippen molar-refractivity contribution < 1.29 is 18.0 Å². The number of amides is 2. The van der Waals surface area contributed by atoms with Crippen molar-refractivity contribution in [1.82, 2.24) is 10.2 Å². The minimum Gasteiger partial charge on any atom is -0.355 e. The number of nitrogens with zero attached hydrogens (tertiary/aromatic N) is 2. The lowest BCUT2D eigenvalue weighted by Gasteiger charge is -2.33. The molecule has 0 aliphatic heterocycles. The molecule has 0 heterocycles. The van der Waals surface area contributed by atoms with Crippen LogP contribution in [0.25, 0.3) is 10.8 Å². The first-order valence-electron chi connectivity index (χ1n) is 12.9. The normalized spacial score (nSPS) is 12.1. The molecular formula is C31H33N3O4S. The van der Waals surface area contributed by atoms with Crippen LogP contribution in [0.3, 0.4) is 0 Å². The first-order chi connectivity index (χ1) is 18.8. The summed E-state index contributed by atoms with van der Waals surface area (Å²) in [6.45, 7) is 1.95. The van der Waals surface area contributed by atoms with Crippen molar-refractivity contribution in [2.75, 3.05) is 23.7 Å². The molecule has 0 fully saturated rings. The molecule has 4 aromatic rings. The minimum atomic E-state index is -3.84. The van der Waals surface area contributed by atoms with Gasteiger partial charge in [0.15, 0.2) is 0 Å². The fourth-order valence-electron chi connectivity index (χ4n) is 4.65. The van der Waals surface area contributed by atoms with E-state index < -0.39 is 28.5 Å². The third-order valence-electron chi connectivity index (χ3n) is 6.53. The molecule has 4 rings (SSSR count). The monoisotopic (exact) mass is 543 g/mol. The number of benzene rings is 4. The van der Waals surface area contributed by atoms with Gasteiger partial charge in [-0.05, 0) is 29.5 Å². The molecule has 0 bridgehead atoms. The number of carbonyl (C=O) groups is 2. The van der Waals surface area contributed by atoms with Gasteiger partial charge in [-0.3, -0.25) is 13.9 Å². The third-order valence-corrected chi connectivity index (χ3v) is 7.66. The van der Waals surface area contributed by atoms with E-state index in [1.54, 1.807) is 12.1 Å². The van der Waals surface area contributed by atoms with Gasteiger partial charge in [-0.25, -0.2) is 8.42 Å². The first kappa shape index (κ1) is 27.9. The van der Waals surface area contributed by atoms with Crippen LogP contribution in [0.4, 0.5) is 5.69 Å². The maximum absolute atomic E-state index is 14.1. The Kier molecular flexibility index (Phi) is 8.99. The number of rotatable bonds is 11. The van der Waals surface area contributed by atoms with Gasteiger partial charge >= 0.3 is 0 Å². The molecule has 0 aliphatic rings. The predicted octanol–water partition coefficient (Wildman–Crippen LogP) is 4.38. The lowest BCUT2D eigenvalue weighted by atomic mass is 10.0. The number of anilines is 1. The van der Waals surface area contributed by atoms with Gasteiger partial charge in [-0.2, -0.15) is 0 Å². The van der Waals surface area contributed by atoms with E-state index in [1.807, 2.05) is 97.9 Å². The number of hydrogen-bond donors (Lipinski definition) is 1. The molecule has 0 aliphatic carbocycles. The van der Waals surface area contributed by atoms with Gasteiger partial charge < -0.3 is 10.2 Å². The molecule has 8 heteroatoms. The summed E-state index contributed by atoms with van der Waals surface area (Å²) in [5, 5.41) is 4.44. The van der Waals surface area contributed by atoms with Gasteiger partial charge in [0.2, 0.25) is 21.8 Å². The number of nitrogens with one attached hydrogen (secondary N) is 1. The zero-order chi connectivity index (χ0) is 27.8. The van der Waals surface area contributed by atoms with Crippen LogP contribution in [0.15, 0.2) is 103 Å². The summed E-state index contributed by atoms with van der Waals surface area (Å²) in [5.74, 6) is -0.758. The molecule has 0 saturated heterocycles. The molecule has 1 atom stereocenters. The number of likely N-dealkylation sites (N-methyl/N-ethyl adjacent to an activating group) is 1. The van der Waals surface area contributed by atoms with E-state index >= 15 is 0 Å². The topological polar surface area (TPSA) is 86.8 Å². The molecule has 0 spiro atoms. The Balaban J connectivity index is 1.76. The molecule has 1 N–H and O–H groups in total. The lowest BCUT2D eigenvalue weighted by Crippen LogP contribution is -2.53. The van der Waals surface area contributed by atoms with Crippen LogP contribution in [0.2, 0.25) is 0 Å². The van der Waals surface area contributed by atoms with Crippen molar-refractivity contribution in [3.63, 3.8) is 0 Å². The van der Waals surface area contributed by atoms with E-state index in [4.69, 9.17) is 0 Å². The highest BCUT2D eigenvalue weighted by atomic mass is 32.2. The summed E-state index contributed by atoms with van der Waals surface area (Å²) in [6.07, 6.45) is 1.38. The smallest absolute Gasteiger partial charge is 0.244 e. The summed E-state index contributed by atoms with van der Waals surface area (Å²) in [5.41, 5.74) is 2.15. The highest BCUT2D eigenvalue weighted by molar-refractivity contribution is 7.92. The first-order valence-corrected chi connectivity index (χ1v) is 14.7. The van der Waals surface area contributed by atoms with Gasteiger partial charge in [-0.15, -0.1) is 0 Å². The van der Waals surface area contributed by atoms with Gasteiger partial charge in [0.25, 0.3) is 0 Å². The van der Waals surface area contributed by atoms with Crippen LogP contribution in [0.5, 0.6) is 0 Å². The SMILES string of the molecule is CCNC(=O)[C@@H](Cc1ccccc1)N(Cc1ccccc1)C(=O)CN(c1cccc2ccccc12)S(C)(=O)=O. The highest BCUT2D eigenvalue weighted by Gasteiger charge is 2.33. The van der Waals surface area contributed by atoms with E-state index in [0.717, 1.165) is 32.5 Å². The Hall–Kier alpha value is -4.17. The minimum absolute atomic E-state index is 0.154. The summed E-state index contributed by atoms with van der Waals surface area (Å²) in [6, 6.07) is 30.9. The Morgan fingerprint density at radius 3 is 2.03 bits per heavy atom. The second kappa shape index (κ2) is 12.6. The summed E-state index contributed by atoms with van der Waals surface area (Å²) < 4.78 is 27.3. The second-order valence-corrected chi connectivity index (χ2v) is 11.3. The summed E-state index contributed by atoms with van der Waals surface area (Å²) >= 11 is 0. The zero-order valence-corrected chi connectivity index (χ0v) is 23.0. The molecule has 4 aromatic carbocycles. The maximum Gasteiger partial charge on any atom is 0.244 e. The van der Waals surface area contributed by atoms with Crippen LogP contribution >= 0.6 is 0 Å². The van der Waals surface area contributed by atoms with E-state index in [1.165, 1.54) is 4.90 Å². The molecule has 0 aromatic heterocycles. The second-order valence-electron chi connectivity index (χ2n) is 9.38. The molecule has 39 heavy (non-hydrogen) atoms. The fourth-order valence-corrected chi connectivity index (χ4v) is 5.51. The van der Waals surface area contributed by atoms with E-state index in [0.29, 0.717) is 18.7 Å². The van der Waals surface area contributed by atoms with E-state index in [2.05, 4.69) is 5.32 Å². The zero-order valence-electron chi connectivity index (χ0n) is 22.2. The average Bonchev–Trinajstić information content (AvgIpc) is 2.94. The molecule has 0 unspecified atom stereocenters. The average molecular weight is 544 g/mol. The van der Waals surface area contributed by atoms with Crippen molar-refractivity contribution in [2.45, 2.75) is 25.9 Å². The van der Waals surface area contributed by atoms with Gasteiger partial charge in [0.05, 0.1) is 11.9 Å². The van der Waals surface area contributed by atoms with E-state index in [9.17, 15) is 18.0 Å². The molecule has 7 nitrogen and oxygen atoms in total. The quantitative estimate of drug-likeness (QED) is 0.304. The Labute approximate surface area is 230 Å². The number of hydrogen-bond acceptors (Lipinski definition) is 4. The molecular weight excluding hydrogens is 510 g/mol. The largest absolute Gasteiger partial charge is 0.355 e. The molecule has 0 saturated carbocycles. The predicted molar refractivity (Wildman–Crippen MR) is 156 cm³/mol. The molecule has 2 amide bonds. The Morgan fingerprint density at radius 1 is 0.795 bits per heavy atom. The lowest BCUT2D eigenvalue weighted by molar-refractivity contribution is -0.140. The van der Waals surface area contributed by atoms with Crippen molar-refractivity contribution in [1.29, 1.82) is 0 Å².